The van der Waals surface area contributed by atoms with Crippen LogP contribution in [0, 0.1) is 11.3 Å². The number of phenols is 1. The van der Waals surface area contributed by atoms with Crippen molar-refractivity contribution in [3.63, 3.8) is 0 Å². The average molecular weight is 316 g/mol. The number of carbonyl (C=O) groups excluding carboxylic acids is 1. The van der Waals surface area contributed by atoms with Gasteiger partial charge in [-0.1, -0.05) is 29.8 Å². The molecule has 0 aliphatic heterocycles. The van der Waals surface area contributed by atoms with Crippen molar-refractivity contribution in [1.82, 2.24) is 0 Å². The van der Waals surface area contributed by atoms with Crippen LogP contribution < -0.4 is 0 Å². The van der Waals surface area contributed by atoms with E-state index in [4.69, 9.17) is 16.9 Å². The lowest BCUT2D eigenvalue weighted by atomic mass is 10.1. The predicted octanol–water partition coefficient (Wildman–Crippen LogP) is 4.37. The summed E-state index contributed by atoms with van der Waals surface area (Å²) < 4.78 is 0. The highest BCUT2D eigenvalue weighted by atomic mass is 35.5. The number of nitrogens with zero attached hydrogens (tertiary/aromatic N) is 1. The van der Waals surface area contributed by atoms with E-state index < -0.39 is 0 Å². The molecule has 21 heavy (non-hydrogen) atoms. The molecule has 2 aromatic rings. The first-order valence-corrected chi connectivity index (χ1v) is 7.23. The lowest BCUT2D eigenvalue weighted by molar-refractivity contribution is 0.104. The van der Waals surface area contributed by atoms with Gasteiger partial charge in [0.25, 0.3) is 0 Å². The van der Waals surface area contributed by atoms with Crippen LogP contribution in [0.3, 0.4) is 0 Å². The van der Waals surface area contributed by atoms with Gasteiger partial charge >= 0.3 is 0 Å². The molecule has 0 saturated carbocycles. The molecule has 1 aromatic carbocycles. The molecule has 0 spiro atoms. The number of para-hydroxylation sites is 1. The van der Waals surface area contributed by atoms with Crippen molar-refractivity contribution in [2.75, 3.05) is 0 Å². The van der Waals surface area contributed by atoms with Gasteiger partial charge in [-0.25, -0.2) is 0 Å². The monoisotopic (exact) mass is 315 g/mol. The van der Waals surface area contributed by atoms with Crippen LogP contribution in [0.5, 0.6) is 5.75 Å². The van der Waals surface area contributed by atoms with Gasteiger partial charge < -0.3 is 5.11 Å². The van der Waals surface area contributed by atoms with Gasteiger partial charge in [0.15, 0.2) is 0 Å². The minimum absolute atomic E-state index is 0.00831. The van der Waals surface area contributed by atoms with E-state index in [0.29, 0.717) is 10.4 Å². The SMILES string of the molecule is N#CC(=CC=C(Cl)c1ccccc1O)C(=O)c1cccs1. The largest absolute Gasteiger partial charge is 0.507 e. The molecule has 1 N–H and O–H groups in total. The number of hydrogen-bond donors (Lipinski definition) is 1. The summed E-state index contributed by atoms with van der Waals surface area (Å²) in [5, 5.41) is 20.8. The second-order valence-corrected chi connectivity index (χ2v) is 5.39. The number of benzene rings is 1. The number of thiophene rings is 1. The third kappa shape index (κ3) is 3.60. The van der Waals surface area contributed by atoms with E-state index in [1.165, 1.54) is 29.6 Å². The number of allylic oxidation sites excluding steroid dienone is 3. The van der Waals surface area contributed by atoms with Crippen molar-refractivity contribution in [2.24, 2.45) is 0 Å². The van der Waals surface area contributed by atoms with E-state index in [-0.39, 0.29) is 22.1 Å². The Kier molecular flexibility index (Phi) is 4.94. The number of ketones is 1. The van der Waals surface area contributed by atoms with Crippen molar-refractivity contribution < 1.29 is 9.90 Å². The first-order chi connectivity index (χ1) is 10.1. The highest BCUT2D eigenvalue weighted by Gasteiger charge is 2.12. The number of aromatic hydroxyl groups is 1. The van der Waals surface area contributed by atoms with Gasteiger partial charge in [-0.15, -0.1) is 11.3 Å². The summed E-state index contributed by atoms with van der Waals surface area (Å²) in [7, 11) is 0. The lowest BCUT2D eigenvalue weighted by Gasteiger charge is -2.01. The van der Waals surface area contributed by atoms with Crippen LogP contribution in [0.4, 0.5) is 0 Å². The molecule has 0 bridgehead atoms. The van der Waals surface area contributed by atoms with Crippen molar-refractivity contribution >= 4 is 33.8 Å². The van der Waals surface area contributed by atoms with Crippen molar-refractivity contribution in [2.45, 2.75) is 0 Å². The van der Waals surface area contributed by atoms with Crippen LogP contribution >= 0.6 is 22.9 Å². The van der Waals surface area contributed by atoms with Crippen LogP contribution in [-0.2, 0) is 0 Å². The van der Waals surface area contributed by atoms with Gasteiger partial charge in [-0.2, -0.15) is 5.26 Å². The Balaban J connectivity index is 2.30. The molecule has 1 aromatic heterocycles. The Morgan fingerprint density at radius 2 is 2.00 bits per heavy atom. The van der Waals surface area contributed by atoms with Crippen molar-refractivity contribution in [3.8, 4) is 11.8 Å². The Labute approximate surface area is 131 Å². The van der Waals surface area contributed by atoms with Gasteiger partial charge in [-0.3, -0.25) is 4.79 Å². The fourth-order valence-electron chi connectivity index (χ4n) is 1.63. The number of hydrogen-bond acceptors (Lipinski definition) is 4. The molecule has 104 valence electrons. The average Bonchev–Trinajstić information content (AvgIpc) is 3.02. The zero-order valence-corrected chi connectivity index (χ0v) is 12.4. The topological polar surface area (TPSA) is 61.1 Å². The summed E-state index contributed by atoms with van der Waals surface area (Å²) in [4.78, 5) is 12.5. The highest BCUT2D eigenvalue weighted by Crippen LogP contribution is 2.27. The molecule has 2 rings (SSSR count). The summed E-state index contributed by atoms with van der Waals surface area (Å²) >= 11 is 7.35. The first-order valence-electron chi connectivity index (χ1n) is 5.97. The maximum Gasteiger partial charge on any atom is 0.213 e. The minimum atomic E-state index is -0.342. The number of rotatable bonds is 4. The number of Topliss-reactive ketones (excluding diaryl/α,β-unsaturated/α-hetero) is 1. The van der Waals surface area contributed by atoms with Crippen molar-refractivity contribution in [1.29, 1.82) is 5.26 Å². The maximum absolute atomic E-state index is 12.1. The molecule has 3 nitrogen and oxygen atoms in total. The van der Waals surface area contributed by atoms with E-state index in [9.17, 15) is 9.90 Å². The van der Waals surface area contributed by atoms with Crippen molar-refractivity contribution in [3.05, 3.63) is 69.9 Å². The third-order valence-electron chi connectivity index (χ3n) is 2.67. The second-order valence-electron chi connectivity index (χ2n) is 4.03. The number of carbonyl (C=O) groups is 1. The maximum atomic E-state index is 12.1. The minimum Gasteiger partial charge on any atom is -0.507 e. The quantitative estimate of drug-likeness (QED) is 0.394. The number of nitriles is 1. The van der Waals surface area contributed by atoms with Crippen LogP contribution in [0.1, 0.15) is 15.2 Å². The van der Waals surface area contributed by atoms with Gasteiger partial charge in [0, 0.05) is 5.56 Å². The summed E-state index contributed by atoms with van der Waals surface area (Å²) in [6, 6.07) is 11.8. The Bertz CT molecular complexity index is 755. The van der Waals surface area contributed by atoms with E-state index >= 15 is 0 Å². The molecule has 5 heteroatoms. The van der Waals surface area contributed by atoms with Gasteiger partial charge in [0.05, 0.1) is 9.91 Å². The molecule has 0 amide bonds. The smallest absolute Gasteiger partial charge is 0.213 e. The molecule has 0 unspecified atom stereocenters. The fraction of sp³-hybridized carbons (Fsp3) is 0. The van der Waals surface area contributed by atoms with Crippen LogP contribution in [0.2, 0.25) is 0 Å². The van der Waals surface area contributed by atoms with Crippen LogP contribution in [-0.4, -0.2) is 10.9 Å². The van der Waals surface area contributed by atoms with E-state index in [2.05, 4.69) is 0 Å². The molecular weight excluding hydrogens is 306 g/mol. The zero-order valence-electron chi connectivity index (χ0n) is 10.8. The van der Waals surface area contributed by atoms with Crippen LogP contribution in [0.15, 0.2) is 59.5 Å². The Morgan fingerprint density at radius 3 is 2.62 bits per heavy atom. The molecule has 0 aliphatic carbocycles. The van der Waals surface area contributed by atoms with Gasteiger partial charge in [0.1, 0.15) is 17.4 Å². The fourth-order valence-corrected chi connectivity index (χ4v) is 2.53. The second kappa shape index (κ2) is 6.89. The Hall–Kier alpha value is -2.35. The number of halogens is 1. The standard InChI is InChI=1S/C16H10ClNO2S/c17-13(12-4-1-2-5-14(12)19)8-7-11(10-18)16(20)15-6-3-9-21-15/h1-9,19H. The molecule has 0 saturated heterocycles. The van der Waals surface area contributed by atoms with E-state index in [1.807, 2.05) is 6.07 Å². The number of phenolic OH excluding ortho intramolecular Hbond substituents is 1. The first kappa shape index (κ1) is 15.0. The zero-order chi connectivity index (χ0) is 15.2. The van der Waals surface area contributed by atoms with Gasteiger partial charge in [0.2, 0.25) is 5.78 Å². The highest BCUT2D eigenvalue weighted by molar-refractivity contribution is 7.12. The molecule has 0 fully saturated rings. The Morgan fingerprint density at radius 1 is 1.24 bits per heavy atom. The van der Waals surface area contributed by atoms with E-state index in [1.54, 1.807) is 35.7 Å². The molecule has 0 radical (unpaired) electrons. The molecular formula is C16H10ClNO2S. The molecule has 1 heterocycles. The van der Waals surface area contributed by atoms with Gasteiger partial charge in [-0.05, 0) is 35.7 Å². The summed E-state index contributed by atoms with van der Waals surface area (Å²) in [6.07, 6.45) is 2.79. The van der Waals surface area contributed by atoms with Crippen LogP contribution in [0.25, 0.3) is 5.03 Å². The summed E-state index contributed by atoms with van der Waals surface area (Å²) in [5.41, 5.74) is 0.433. The lowest BCUT2D eigenvalue weighted by Crippen LogP contribution is -1.98. The summed E-state index contributed by atoms with van der Waals surface area (Å²) in [5.74, 6) is -0.305. The molecule has 0 aliphatic rings. The molecule has 0 atom stereocenters. The predicted molar refractivity (Wildman–Crippen MR) is 84.3 cm³/mol. The third-order valence-corrected chi connectivity index (χ3v) is 3.87. The normalized spacial score (nSPS) is 12.0. The van der Waals surface area contributed by atoms with E-state index in [0.717, 1.165) is 0 Å². The summed E-state index contributed by atoms with van der Waals surface area (Å²) in [6.45, 7) is 0.